The van der Waals surface area contributed by atoms with Crippen molar-refractivity contribution in [1.29, 1.82) is 0 Å². The molecule has 27 heavy (non-hydrogen) atoms. The lowest BCUT2D eigenvalue weighted by atomic mass is 9.72. The minimum absolute atomic E-state index is 0.225. The summed E-state index contributed by atoms with van der Waals surface area (Å²) in [5, 5.41) is 0. The number of fused-ring (bicyclic) bond motifs is 1. The monoisotopic (exact) mass is 380 g/mol. The number of carbonyl (C=O) groups excluding carboxylic acids is 1. The quantitative estimate of drug-likeness (QED) is 0.665. The Balaban J connectivity index is 1.41. The Bertz CT molecular complexity index is 762. The van der Waals surface area contributed by atoms with Crippen molar-refractivity contribution in [2.45, 2.75) is 55.7 Å². The normalized spacial score (nSPS) is 25.1. The number of nitrogens with zero attached hydrogens (tertiary/aromatic N) is 2. The van der Waals surface area contributed by atoms with E-state index in [2.05, 4.69) is 35.0 Å². The van der Waals surface area contributed by atoms with Crippen LogP contribution >= 0.6 is 11.8 Å². The molecule has 4 rings (SSSR count). The molecule has 1 aromatic heterocycles. The minimum atomic E-state index is 0.225. The van der Waals surface area contributed by atoms with E-state index in [9.17, 15) is 4.79 Å². The van der Waals surface area contributed by atoms with Gasteiger partial charge in [0, 0.05) is 41.2 Å². The molecule has 0 bridgehead atoms. The average Bonchev–Trinajstić information content (AvgIpc) is 2.73. The van der Waals surface area contributed by atoms with Gasteiger partial charge in [-0.15, -0.1) is 11.8 Å². The van der Waals surface area contributed by atoms with E-state index in [1.165, 1.54) is 36.1 Å². The molecular formula is C23H28N2OS. The van der Waals surface area contributed by atoms with Crippen LogP contribution in [0.15, 0.2) is 53.7 Å². The Morgan fingerprint density at radius 2 is 1.96 bits per heavy atom. The number of rotatable bonds is 4. The third-order valence-corrected chi connectivity index (χ3v) is 7.31. The summed E-state index contributed by atoms with van der Waals surface area (Å²) in [6, 6.07) is 12.7. The SMILES string of the molecule is CC1CCN(C(=O)c2ccc(SCc3cccnc3)cc2)C2CCCCC12. The largest absolute Gasteiger partial charge is 0.335 e. The predicted octanol–water partition coefficient (Wildman–Crippen LogP) is 5.41. The molecule has 0 spiro atoms. The molecule has 2 aromatic rings. The first kappa shape index (κ1) is 18.5. The highest BCUT2D eigenvalue weighted by atomic mass is 32.2. The van der Waals surface area contributed by atoms with Gasteiger partial charge in [-0.2, -0.15) is 0 Å². The second-order valence-electron chi connectivity index (χ2n) is 7.95. The smallest absolute Gasteiger partial charge is 0.254 e. The number of aromatic nitrogens is 1. The van der Waals surface area contributed by atoms with Crippen LogP contribution in [0.4, 0.5) is 0 Å². The fourth-order valence-corrected chi connectivity index (χ4v) is 5.51. The summed E-state index contributed by atoms with van der Waals surface area (Å²) in [4.78, 5) is 20.7. The van der Waals surface area contributed by atoms with E-state index >= 15 is 0 Å². The summed E-state index contributed by atoms with van der Waals surface area (Å²) in [5.74, 6) is 2.58. The molecule has 142 valence electrons. The van der Waals surface area contributed by atoms with Crippen molar-refractivity contribution in [3.63, 3.8) is 0 Å². The zero-order valence-corrected chi connectivity index (χ0v) is 16.8. The predicted molar refractivity (Wildman–Crippen MR) is 111 cm³/mol. The third-order valence-electron chi connectivity index (χ3n) is 6.23. The first-order valence-corrected chi connectivity index (χ1v) is 11.1. The lowest BCUT2D eigenvalue weighted by Crippen LogP contribution is -2.52. The van der Waals surface area contributed by atoms with Gasteiger partial charge in [-0.25, -0.2) is 0 Å². The number of likely N-dealkylation sites (tertiary alicyclic amines) is 1. The second-order valence-corrected chi connectivity index (χ2v) is 9.00. The molecular weight excluding hydrogens is 352 g/mol. The van der Waals surface area contributed by atoms with Crippen LogP contribution in [0, 0.1) is 11.8 Å². The summed E-state index contributed by atoms with van der Waals surface area (Å²) in [7, 11) is 0. The van der Waals surface area contributed by atoms with E-state index in [1.807, 2.05) is 24.4 Å². The maximum absolute atomic E-state index is 13.2. The molecule has 3 nitrogen and oxygen atoms in total. The van der Waals surface area contributed by atoms with Gasteiger partial charge in [-0.05, 0) is 67.0 Å². The number of hydrogen-bond acceptors (Lipinski definition) is 3. The minimum Gasteiger partial charge on any atom is -0.335 e. The maximum Gasteiger partial charge on any atom is 0.254 e. The van der Waals surface area contributed by atoms with E-state index in [4.69, 9.17) is 0 Å². The Kier molecular flexibility index (Phi) is 5.82. The van der Waals surface area contributed by atoms with Crippen LogP contribution in [0.2, 0.25) is 0 Å². The Labute approximate surface area is 166 Å². The van der Waals surface area contributed by atoms with Crippen molar-refractivity contribution >= 4 is 17.7 Å². The second kappa shape index (κ2) is 8.47. The van der Waals surface area contributed by atoms with Crippen molar-refractivity contribution in [3.8, 4) is 0 Å². The van der Waals surface area contributed by atoms with E-state index < -0.39 is 0 Å². The number of piperidine rings is 1. The molecule has 1 aromatic carbocycles. The van der Waals surface area contributed by atoms with Gasteiger partial charge in [0.05, 0.1) is 0 Å². The van der Waals surface area contributed by atoms with Crippen molar-refractivity contribution in [1.82, 2.24) is 9.88 Å². The number of benzene rings is 1. The third kappa shape index (κ3) is 4.21. The molecule has 0 radical (unpaired) electrons. The molecule has 0 N–H and O–H groups in total. The van der Waals surface area contributed by atoms with Gasteiger partial charge < -0.3 is 4.90 Å². The fourth-order valence-electron chi connectivity index (χ4n) is 4.68. The van der Waals surface area contributed by atoms with E-state index in [0.717, 1.165) is 30.2 Å². The highest BCUT2D eigenvalue weighted by Crippen LogP contribution is 2.39. The Hall–Kier alpha value is -1.81. The van der Waals surface area contributed by atoms with Crippen molar-refractivity contribution < 1.29 is 4.79 Å². The van der Waals surface area contributed by atoms with Crippen molar-refractivity contribution in [2.75, 3.05) is 6.54 Å². The van der Waals surface area contributed by atoms with Crippen LogP contribution in [0.3, 0.4) is 0 Å². The van der Waals surface area contributed by atoms with E-state index in [0.29, 0.717) is 12.0 Å². The molecule has 1 saturated heterocycles. The van der Waals surface area contributed by atoms with Crippen LogP contribution < -0.4 is 0 Å². The number of carbonyl (C=O) groups is 1. The van der Waals surface area contributed by atoms with Crippen molar-refractivity contribution in [3.05, 3.63) is 59.9 Å². The van der Waals surface area contributed by atoms with Crippen LogP contribution in [-0.2, 0) is 5.75 Å². The van der Waals surface area contributed by atoms with Crippen LogP contribution in [-0.4, -0.2) is 28.4 Å². The molecule has 2 fully saturated rings. The molecule has 2 aliphatic rings. The Morgan fingerprint density at radius 3 is 2.74 bits per heavy atom. The molecule has 2 heterocycles. The summed E-state index contributed by atoms with van der Waals surface area (Å²) in [6.07, 6.45) is 9.92. The summed E-state index contributed by atoms with van der Waals surface area (Å²) in [6.45, 7) is 3.29. The average molecular weight is 381 g/mol. The summed E-state index contributed by atoms with van der Waals surface area (Å²) in [5.41, 5.74) is 2.05. The highest BCUT2D eigenvalue weighted by Gasteiger charge is 2.39. The number of hydrogen-bond donors (Lipinski definition) is 0. The summed E-state index contributed by atoms with van der Waals surface area (Å²) >= 11 is 1.78. The zero-order valence-electron chi connectivity index (χ0n) is 16.0. The van der Waals surface area contributed by atoms with Gasteiger partial charge in [-0.3, -0.25) is 9.78 Å². The Morgan fingerprint density at radius 1 is 1.15 bits per heavy atom. The number of amides is 1. The highest BCUT2D eigenvalue weighted by molar-refractivity contribution is 7.98. The first-order valence-electron chi connectivity index (χ1n) is 10.1. The number of pyridine rings is 1. The van der Waals surface area contributed by atoms with Crippen LogP contribution in [0.25, 0.3) is 0 Å². The zero-order chi connectivity index (χ0) is 18.6. The molecule has 3 unspecified atom stereocenters. The van der Waals surface area contributed by atoms with E-state index in [1.54, 1.807) is 18.0 Å². The maximum atomic E-state index is 13.2. The number of thioether (sulfide) groups is 1. The lowest BCUT2D eigenvalue weighted by molar-refractivity contribution is 0.0217. The summed E-state index contributed by atoms with van der Waals surface area (Å²) < 4.78 is 0. The van der Waals surface area contributed by atoms with Gasteiger partial charge >= 0.3 is 0 Å². The van der Waals surface area contributed by atoms with Gasteiger partial charge in [0.15, 0.2) is 0 Å². The molecule has 4 heteroatoms. The first-order chi connectivity index (χ1) is 13.2. The van der Waals surface area contributed by atoms with Crippen LogP contribution in [0.5, 0.6) is 0 Å². The fraction of sp³-hybridized carbons (Fsp3) is 0.478. The topological polar surface area (TPSA) is 33.2 Å². The lowest BCUT2D eigenvalue weighted by Gasteiger charge is -2.47. The molecule has 3 atom stereocenters. The van der Waals surface area contributed by atoms with Gasteiger partial charge in [0.2, 0.25) is 0 Å². The molecule has 1 aliphatic heterocycles. The van der Waals surface area contributed by atoms with Gasteiger partial charge in [0.1, 0.15) is 0 Å². The van der Waals surface area contributed by atoms with Crippen molar-refractivity contribution in [2.24, 2.45) is 11.8 Å². The van der Waals surface area contributed by atoms with Crippen LogP contribution in [0.1, 0.15) is 54.9 Å². The standard InChI is InChI=1S/C23H28N2OS/c1-17-12-14-25(22-7-3-2-6-21(17)22)23(26)19-8-10-20(11-9-19)27-16-18-5-4-13-24-15-18/h4-5,8-11,13,15,17,21-22H,2-3,6-7,12,14,16H2,1H3. The van der Waals surface area contributed by atoms with E-state index in [-0.39, 0.29) is 5.91 Å². The molecule has 1 saturated carbocycles. The molecule has 1 aliphatic carbocycles. The van der Waals surface area contributed by atoms with Gasteiger partial charge in [0.25, 0.3) is 5.91 Å². The molecule has 1 amide bonds. The van der Waals surface area contributed by atoms with Gasteiger partial charge in [-0.1, -0.05) is 25.8 Å².